The molecular formula is C12H12BrFO4S. The highest BCUT2D eigenvalue weighted by Crippen LogP contribution is 2.33. The minimum atomic E-state index is -3.82. The number of aromatic carboxylic acids is 1. The van der Waals surface area contributed by atoms with Gasteiger partial charge in [0.2, 0.25) is 0 Å². The molecule has 0 bridgehead atoms. The van der Waals surface area contributed by atoms with Crippen LogP contribution in [0.25, 0.3) is 0 Å². The first-order valence-corrected chi connectivity index (χ1v) is 8.14. The van der Waals surface area contributed by atoms with Crippen LogP contribution in [-0.4, -0.2) is 24.7 Å². The van der Waals surface area contributed by atoms with E-state index in [1.54, 1.807) is 0 Å². The van der Waals surface area contributed by atoms with Crippen LogP contribution in [0.1, 0.15) is 36.0 Å². The van der Waals surface area contributed by atoms with Crippen molar-refractivity contribution in [3.8, 4) is 0 Å². The third-order valence-electron chi connectivity index (χ3n) is 3.28. The number of carboxylic acid groups (broad SMARTS) is 1. The quantitative estimate of drug-likeness (QED) is 0.909. The lowest BCUT2D eigenvalue weighted by atomic mass is 10.2. The van der Waals surface area contributed by atoms with E-state index in [-0.39, 0.29) is 4.47 Å². The van der Waals surface area contributed by atoms with Crippen molar-refractivity contribution in [2.45, 2.75) is 35.8 Å². The van der Waals surface area contributed by atoms with E-state index in [1.165, 1.54) is 0 Å². The number of hydrogen-bond donors (Lipinski definition) is 1. The van der Waals surface area contributed by atoms with Crippen LogP contribution in [0.4, 0.5) is 4.39 Å². The molecule has 1 aliphatic rings. The molecule has 0 unspecified atom stereocenters. The topological polar surface area (TPSA) is 71.4 Å². The smallest absolute Gasteiger partial charge is 0.338 e. The Morgan fingerprint density at radius 1 is 1.32 bits per heavy atom. The van der Waals surface area contributed by atoms with Crippen molar-refractivity contribution in [3.05, 3.63) is 28.0 Å². The summed E-state index contributed by atoms with van der Waals surface area (Å²) in [7, 11) is -3.82. The minimum Gasteiger partial charge on any atom is -0.478 e. The summed E-state index contributed by atoms with van der Waals surface area (Å²) in [4.78, 5) is 10.4. The maximum Gasteiger partial charge on any atom is 0.338 e. The summed E-state index contributed by atoms with van der Waals surface area (Å²) in [6.45, 7) is 0. The zero-order valence-corrected chi connectivity index (χ0v) is 12.3. The number of hydrogen-bond acceptors (Lipinski definition) is 3. The van der Waals surface area contributed by atoms with E-state index in [0.29, 0.717) is 12.8 Å². The maximum absolute atomic E-state index is 14.1. The Hall–Kier alpha value is -0.950. The van der Waals surface area contributed by atoms with Gasteiger partial charge in [-0.3, -0.25) is 0 Å². The Morgan fingerprint density at radius 3 is 2.42 bits per heavy atom. The second-order valence-electron chi connectivity index (χ2n) is 4.52. The fraction of sp³-hybridized carbons (Fsp3) is 0.417. The van der Waals surface area contributed by atoms with Crippen LogP contribution < -0.4 is 0 Å². The summed E-state index contributed by atoms with van der Waals surface area (Å²) in [6.07, 6.45) is 2.59. The first-order chi connectivity index (χ1) is 8.84. The van der Waals surface area contributed by atoms with Gasteiger partial charge in [0.15, 0.2) is 15.7 Å². The lowest BCUT2D eigenvalue weighted by Crippen LogP contribution is -2.20. The predicted octanol–water partition coefficient (Wildman–Crippen LogP) is 3.00. The Labute approximate surface area is 118 Å². The highest BCUT2D eigenvalue weighted by atomic mass is 79.9. The molecule has 1 N–H and O–H groups in total. The third kappa shape index (κ3) is 2.67. The highest BCUT2D eigenvalue weighted by molar-refractivity contribution is 9.10. The van der Waals surface area contributed by atoms with E-state index >= 15 is 0 Å². The molecule has 1 fully saturated rings. The molecule has 0 aliphatic heterocycles. The summed E-state index contributed by atoms with van der Waals surface area (Å²) in [6, 6.07) is 2.20. The SMILES string of the molecule is O=C(O)c1cc(Br)cc(S(=O)(=O)C2CCCC2)c1F. The van der Waals surface area contributed by atoms with E-state index in [0.717, 1.165) is 25.0 Å². The zero-order chi connectivity index (χ0) is 14.2. The number of sulfone groups is 1. The van der Waals surface area contributed by atoms with Crippen molar-refractivity contribution >= 4 is 31.7 Å². The Kier molecular flexibility index (Phi) is 3.96. The number of carbonyl (C=O) groups is 1. The number of benzene rings is 1. The van der Waals surface area contributed by atoms with Crippen LogP contribution in [0.15, 0.2) is 21.5 Å². The molecule has 4 nitrogen and oxygen atoms in total. The van der Waals surface area contributed by atoms with E-state index in [9.17, 15) is 17.6 Å². The molecule has 0 heterocycles. The molecule has 0 spiro atoms. The van der Waals surface area contributed by atoms with Gasteiger partial charge in [0.1, 0.15) is 4.90 Å². The highest BCUT2D eigenvalue weighted by Gasteiger charge is 2.34. The largest absolute Gasteiger partial charge is 0.478 e. The Morgan fingerprint density at radius 2 is 1.89 bits per heavy atom. The Bertz CT molecular complexity index is 621. The van der Waals surface area contributed by atoms with Gasteiger partial charge in [0, 0.05) is 4.47 Å². The van der Waals surface area contributed by atoms with Gasteiger partial charge < -0.3 is 5.11 Å². The first kappa shape index (κ1) is 14.5. The molecule has 104 valence electrons. The molecular weight excluding hydrogens is 339 g/mol. The van der Waals surface area contributed by atoms with Crippen molar-refractivity contribution in [1.82, 2.24) is 0 Å². The minimum absolute atomic E-state index is 0.239. The van der Waals surface area contributed by atoms with Crippen molar-refractivity contribution in [2.75, 3.05) is 0 Å². The van der Waals surface area contributed by atoms with Crippen LogP contribution in [0.5, 0.6) is 0 Å². The van der Waals surface area contributed by atoms with Crippen molar-refractivity contribution in [1.29, 1.82) is 0 Å². The normalized spacial score (nSPS) is 16.7. The lowest BCUT2D eigenvalue weighted by Gasteiger charge is -2.13. The number of rotatable bonds is 3. The van der Waals surface area contributed by atoms with Crippen molar-refractivity contribution in [2.24, 2.45) is 0 Å². The number of carboxylic acids is 1. The molecule has 7 heteroatoms. The van der Waals surface area contributed by atoms with E-state index in [1.807, 2.05) is 0 Å². The second kappa shape index (κ2) is 5.20. The molecule has 19 heavy (non-hydrogen) atoms. The van der Waals surface area contributed by atoms with Gasteiger partial charge in [0.25, 0.3) is 0 Å². The summed E-state index contributed by atoms with van der Waals surface area (Å²) in [5, 5.41) is 8.28. The van der Waals surface area contributed by atoms with E-state index in [4.69, 9.17) is 5.11 Å². The van der Waals surface area contributed by atoms with Crippen LogP contribution >= 0.6 is 15.9 Å². The van der Waals surface area contributed by atoms with E-state index < -0.39 is 37.3 Å². The van der Waals surface area contributed by atoms with Gasteiger partial charge in [0.05, 0.1) is 10.8 Å². The molecule has 1 aliphatic carbocycles. The maximum atomic E-state index is 14.1. The van der Waals surface area contributed by atoms with Gasteiger partial charge in [-0.2, -0.15) is 0 Å². The second-order valence-corrected chi connectivity index (χ2v) is 7.63. The van der Waals surface area contributed by atoms with Gasteiger partial charge in [-0.15, -0.1) is 0 Å². The predicted molar refractivity (Wildman–Crippen MR) is 70.5 cm³/mol. The standard InChI is InChI=1S/C12H12BrFO4S/c13-7-5-9(12(15)16)11(14)10(6-7)19(17,18)8-3-1-2-4-8/h5-6,8H,1-4H2,(H,15,16). The van der Waals surface area contributed by atoms with Crippen LogP contribution in [0, 0.1) is 5.82 Å². The average molecular weight is 351 g/mol. The molecule has 1 aromatic rings. The number of halogens is 2. The van der Waals surface area contributed by atoms with Gasteiger partial charge in [-0.05, 0) is 25.0 Å². The first-order valence-electron chi connectivity index (χ1n) is 5.80. The van der Waals surface area contributed by atoms with Gasteiger partial charge in [-0.1, -0.05) is 28.8 Å². The van der Waals surface area contributed by atoms with Crippen LogP contribution in [-0.2, 0) is 9.84 Å². The lowest BCUT2D eigenvalue weighted by molar-refractivity contribution is 0.0691. The molecule has 0 aromatic heterocycles. The Balaban J connectivity index is 2.59. The fourth-order valence-corrected chi connectivity index (χ4v) is 4.88. The molecule has 1 saturated carbocycles. The van der Waals surface area contributed by atoms with Crippen LogP contribution in [0.3, 0.4) is 0 Å². The van der Waals surface area contributed by atoms with Crippen molar-refractivity contribution < 1.29 is 22.7 Å². The van der Waals surface area contributed by atoms with Gasteiger partial charge in [-0.25, -0.2) is 17.6 Å². The molecule has 0 amide bonds. The van der Waals surface area contributed by atoms with E-state index in [2.05, 4.69) is 15.9 Å². The fourth-order valence-electron chi connectivity index (χ4n) is 2.31. The summed E-state index contributed by atoms with van der Waals surface area (Å²) < 4.78 is 39.0. The monoisotopic (exact) mass is 350 g/mol. The van der Waals surface area contributed by atoms with Gasteiger partial charge >= 0.3 is 5.97 Å². The molecule has 0 saturated heterocycles. The molecule has 0 atom stereocenters. The molecule has 0 radical (unpaired) electrons. The van der Waals surface area contributed by atoms with Crippen molar-refractivity contribution in [3.63, 3.8) is 0 Å². The molecule has 2 rings (SSSR count). The summed E-state index contributed by atoms with van der Waals surface area (Å²) in [5.74, 6) is -2.66. The molecule has 1 aromatic carbocycles. The summed E-state index contributed by atoms with van der Waals surface area (Å²) in [5.41, 5.74) is -0.633. The summed E-state index contributed by atoms with van der Waals surface area (Å²) >= 11 is 3.02. The van der Waals surface area contributed by atoms with Crippen LogP contribution in [0.2, 0.25) is 0 Å². The average Bonchev–Trinajstić information content (AvgIpc) is 2.85. The zero-order valence-electron chi connectivity index (χ0n) is 9.90. The third-order valence-corrected chi connectivity index (χ3v) is 6.00.